The second-order valence-electron chi connectivity index (χ2n) is 4.47. The minimum absolute atomic E-state index is 0.0226. The molecule has 0 spiro atoms. The number of nitrogens with one attached hydrogen (secondary N) is 1. The predicted molar refractivity (Wildman–Crippen MR) is 88.4 cm³/mol. The van der Waals surface area contributed by atoms with Crippen molar-refractivity contribution >= 4 is 35.0 Å². The lowest BCUT2D eigenvalue weighted by molar-refractivity contribution is 0.610. The first-order valence-electron chi connectivity index (χ1n) is 6.21. The molecule has 0 amide bonds. The number of hydrazine groups is 1. The highest BCUT2D eigenvalue weighted by Crippen LogP contribution is 2.30. The Hall–Kier alpha value is -0.710. The molecule has 0 aliphatic rings. The highest BCUT2D eigenvalue weighted by atomic mass is 35.5. The van der Waals surface area contributed by atoms with Crippen molar-refractivity contribution in [3.8, 4) is 0 Å². The van der Waals surface area contributed by atoms with Gasteiger partial charge in [0.25, 0.3) is 0 Å². The van der Waals surface area contributed by atoms with Crippen LogP contribution in [-0.2, 0) is 0 Å². The lowest BCUT2D eigenvalue weighted by Crippen LogP contribution is -2.29. The second-order valence-corrected chi connectivity index (χ2v) is 6.35. The van der Waals surface area contributed by atoms with Crippen molar-refractivity contribution in [1.82, 2.24) is 5.43 Å². The molecular formula is C15H16Cl2N2S. The summed E-state index contributed by atoms with van der Waals surface area (Å²) in [5.74, 6) is 6.43. The fourth-order valence-electron chi connectivity index (χ4n) is 1.80. The topological polar surface area (TPSA) is 38.0 Å². The molecule has 1 unspecified atom stereocenters. The Balaban J connectivity index is 2.09. The smallest absolute Gasteiger partial charge is 0.0554 e. The van der Waals surface area contributed by atoms with Gasteiger partial charge in [0.05, 0.1) is 11.1 Å². The molecule has 3 N–H and O–H groups in total. The molecule has 2 aromatic rings. The Bertz CT molecular complexity index is 590. The van der Waals surface area contributed by atoms with Crippen LogP contribution in [0.3, 0.4) is 0 Å². The second kappa shape index (κ2) is 7.34. The fraction of sp³-hybridized carbons (Fsp3) is 0.200. The summed E-state index contributed by atoms with van der Waals surface area (Å²) in [4.78, 5) is 1.05. The number of nitrogens with two attached hydrogens (primary N) is 1. The van der Waals surface area contributed by atoms with Gasteiger partial charge in [0.2, 0.25) is 0 Å². The molecule has 5 heteroatoms. The summed E-state index contributed by atoms with van der Waals surface area (Å²) in [6.45, 7) is 1.98. The predicted octanol–water partition coefficient (Wildman–Crippen LogP) is 4.60. The minimum Gasteiger partial charge on any atom is -0.271 e. The molecule has 0 aromatic heterocycles. The zero-order valence-electron chi connectivity index (χ0n) is 11.1. The Kier molecular flexibility index (Phi) is 5.75. The van der Waals surface area contributed by atoms with Gasteiger partial charge in [-0.05, 0) is 36.2 Å². The van der Waals surface area contributed by atoms with E-state index in [1.54, 1.807) is 11.8 Å². The van der Waals surface area contributed by atoms with Gasteiger partial charge in [0.1, 0.15) is 0 Å². The molecule has 0 heterocycles. The van der Waals surface area contributed by atoms with Crippen LogP contribution in [0.15, 0.2) is 47.4 Å². The number of thioether (sulfide) groups is 1. The van der Waals surface area contributed by atoms with Crippen molar-refractivity contribution in [3.63, 3.8) is 0 Å². The van der Waals surface area contributed by atoms with E-state index in [1.165, 1.54) is 0 Å². The highest BCUT2D eigenvalue weighted by Gasteiger charge is 2.12. The average Bonchev–Trinajstić information content (AvgIpc) is 2.45. The van der Waals surface area contributed by atoms with Gasteiger partial charge in [-0.3, -0.25) is 11.3 Å². The molecule has 0 bridgehead atoms. The summed E-state index contributed by atoms with van der Waals surface area (Å²) < 4.78 is 0. The Morgan fingerprint density at radius 2 is 1.90 bits per heavy atom. The fourth-order valence-corrected chi connectivity index (χ4v) is 3.31. The molecule has 0 radical (unpaired) electrons. The van der Waals surface area contributed by atoms with Crippen LogP contribution in [-0.4, -0.2) is 5.75 Å². The molecule has 0 saturated carbocycles. The van der Waals surface area contributed by atoms with Crippen LogP contribution in [0.1, 0.15) is 17.2 Å². The van der Waals surface area contributed by atoms with Crippen LogP contribution in [0.25, 0.3) is 0 Å². The van der Waals surface area contributed by atoms with E-state index in [2.05, 4.69) is 5.43 Å². The van der Waals surface area contributed by atoms with Gasteiger partial charge in [-0.1, -0.05) is 47.5 Å². The summed E-state index contributed by atoms with van der Waals surface area (Å²) in [7, 11) is 0. The van der Waals surface area contributed by atoms with Crippen LogP contribution < -0.4 is 11.3 Å². The number of hydrogen-bond donors (Lipinski definition) is 2. The SMILES string of the molecule is Cc1ccc(C(CSc2ccccc2Cl)NN)cc1Cl. The summed E-state index contributed by atoms with van der Waals surface area (Å²) in [5.41, 5.74) is 4.96. The quantitative estimate of drug-likeness (QED) is 0.479. The van der Waals surface area contributed by atoms with E-state index in [1.807, 2.05) is 49.4 Å². The summed E-state index contributed by atoms with van der Waals surface area (Å²) in [6.07, 6.45) is 0. The van der Waals surface area contributed by atoms with E-state index >= 15 is 0 Å². The molecule has 2 rings (SSSR count). The first-order valence-corrected chi connectivity index (χ1v) is 7.95. The molecule has 0 saturated heterocycles. The van der Waals surface area contributed by atoms with Gasteiger partial charge >= 0.3 is 0 Å². The number of aryl methyl sites for hydroxylation is 1. The van der Waals surface area contributed by atoms with Gasteiger partial charge in [-0.2, -0.15) is 0 Å². The Morgan fingerprint density at radius 3 is 2.55 bits per heavy atom. The molecule has 106 valence electrons. The first kappa shape index (κ1) is 15.7. The van der Waals surface area contributed by atoms with Crippen LogP contribution in [0, 0.1) is 6.92 Å². The largest absolute Gasteiger partial charge is 0.271 e. The van der Waals surface area contributed by atoms with Gasteiger partial charge in [-0.15, -0.1) is 11.8 Å². The summed E-state index contributed by atoms with van der Waals surface area (Å²) >= 11 is 14.0. The lowest BCUT2D eigenvalue weighted by atomic mass is 10.1. The van der Waals surface area contributed by atoms with E-state index in [-0.39, 0.29) is 6.04 Å². The molecule has 2 nitrogen and oxygen atoms in total. The maximum atomic E-state index is 6.16. The molecule has 0 aliphatic carbocycles. The summed E-state index contributed by atoms with van der Waals surface area (Å²) in [6, 6.07) is 13.8. The van der Waals surface area contributed by atoms with Gasteiger partial charge < -0.3 is 0 Å². The van der Waals surface area contributed by atoms with E-state index in [0.29, 0.717) is 0 Å². The van der Waals surface area contributed by atoms with Gasteiger partial charge in [-0.25, -0.2) is 0 Å². The van der Waals surface area contributed by atoms with Gasteiger partial charge in [0.15, 0.2) is 0 Å². The van der Waals surface area contributed by atoms with E-state index in [4.69, 9.17) is 29.0 Å². The monoisotopic (exact) mass is 326 g/mol. The lowest BCUT2D eigenvalue weighted by Gasteiger charge is -2.17. The number of halogens is 2. The summed E-state index contributed by atoms with van der Waals surface area (Å²) in [5, 5.41) is 1.51. The van der Waals surface area contributed by atoms with Gasteiger partial charge in [0, 0.05) is 15.7 Å². The van der Waals surface area contributed by atoms with Crippen molar-refractivity contribution in [1.29, 1.82) is 0 Å². The van der Waals surface area contributed by atoms with E-state index in [9.17, 15) is 0 Å². The zero-order valence-corrected chi connectivity index (χ0v) is 13.4. The Labute approximate surface area is 133 Å². The molecule has 20 heavy (non-hydrogen) atoms. The maximum Gasteiger partial charge on any atom is 0.0554 e. The van der Waals surface area contributed by atoms with E-state index in [0.717, 1.165) is 31.8 Å². The maximum absolute atomic E-state index is 6.16. The van der Waals surface area contributed by atoms with Crippen LogP contribution >= 0.6 is 35.0 Å². The van der Waals surface area contributed by atoms with Crippen molar-refractivity contribution in [2.24, 2.45) is 5.84 Å². The number of rotatable bonds is 5. The third-order valence-electron chi connectivity index (χ3n) is 3.04. The van der Waals surface area contributed by atoms with Crippen LogP contribution in [0.4, 0.5) is 0 Å². The third-order valence-corrected chi connectivity index (χ3v) is 5.06. The number of benzene rings is 2. The molecule has 2 aromatic carbocycles. The van der Waals surface area contributed by atoms with Crippen LogP contribution in [0.2, 0.25) is 10.0 Å². The molecule has 1 atom stereocenters. The standard InChI is InChI=1S/C15H16Cl2N2S/c1-10-6-7-11(8-13(10)17)14(19-18)9-20-15-5-3-2-4-12(15)16/h2-8,14,19H,9,18H2,1H3. The zero-order chi connectivity index (χ0) is 14.5. The van der Waals surface area contributed by atoms with Crippen molar-refractivity contribution in [3.05, 3.63) is 63.6 Å². The third kappa shape index (κ3) is 3.90. The van der Waals surface area contributed by atoms with Crippen LogP contribution in [0.5, 0.6) is 0 Å². The normalized spacial score (nSPS) is 12.4. The molecule has 0 aliphatic heterocycles. The number of hydrogen-bond acceptors (Lipinski definition) is 3. The van der Waals surface area contributed by atoms with E-state index < -0.39 is 0 Å². The van der Waals surface area contributed by atoms with Crippen molar-refractivity contribution < 1.29 is 0 Å². The molecular weight excluding hydrogens is 311 g/mol. The van der Waals surface area contributed by atoms with Crippen molar-refractivity contribution in [2.75, 3.05) is 5.75 Å². The highest BCUT2D eigenvalue weighted by molar-refractivity contribution is 7.99. The average molecular weight is 327 g/mol. The molecule has 0 fully saturated rings. The Morgan fingerprint density at radius 1 is 1.15 bits per heavy atom. The minimum atomic E-state index is 0.0226. The van der Waals surface area contributed by atoms with Crippen molar-refractivity contribution in [2.45, 2.75) is 17.9 Å². The first-order chi connectivity index (χ1) is 9.61.